The van der Waals surface area contributed by atoms with E-state index in [0.29, 0.717) is 0 Å². The summed E-state index contributed by atoms with van der Waals surface area (Å²) in [4.78, 5) is 0. The fraction of sp³-hybridized carbons (Fsp3) is 1.00. The van der Waals surface area contributed by atoms with Crippen LogP contribution in [0.1, 0.15) is 59.8 Å². The van der Waals surface area contributed by atoms with Crippen molar-refractivity contribution in [1.29, 1.82) is 0 Å². The average molecular weight is 449 g/mol. The predicted octanol–water partition coefficient (Wildman–Crippen LogP) is 5.16. The molecule has 0 bridgehead atoms. The molecule has 0 spiro atoms. The van der Waals surface area contributed by atoms with Crippen LogP contribution in [-0.2, 0) is 10.1 Å². The molecule has 0 aromatic rings. The summed E-state index contributed by atoms with van der Waals surface area (Å²) in [7, 11) is -6.54. The Labute approximate surface area is 162 Å². The number of nitrogens with zero attached hydrogens (tertiary/aromatic N) is 1. The van der Waals surface area contributed by atoms with Gasteiger partial charge < -0.3 is 9.04 Å². The summed E-state index contributed by atoms with van der Waals surface area (Å²) >= 11 is 0. The minimum Gasteiger partial charge on any atom is -0.743 e. The summed E-state index contributed by atoms with van der Waals surface area (Å²) < 4.78 is 117. The smallest absolute Gasteiger partial charge is 0.396 e. The molecule has 172 valence electrons. The molecule has 12 heteroatoms. The van der Waals surface area contributed by atoms with E-state index in [2.05, 4.69) is 27.7 Å². The number of hydrogen-bond donors (Lipinski definition) is 0. The monoisotopic (exact) mass is 449 g/mol. The molecule has 0 N–H and O–H groups in total. The van der Waals surface area contributed by atoms with Crippen molar-refractivity contribution in [1.82, 2.24) is 0 Å². The van der Waals surface area contributed by atoms with E-state index in [-0.39, 0.29) is 0 Å². The van der Waals surface area contributed by atoms with Crippen molar-refractivity contribution >= 4 is 10.1 Å². The van der Waals surface area contributed by atoms with E-state index >= 15 is 0 Å². The fourth-order valence-corrected chi connectivity index (χ4v) is 2.99. The van der Waals surface area contributed by atoms with Gasteiger partial charge in [0.15, 0.2) is 10.1 Å². The Bertz CT molecular complexity index is 515. The molecular formula is C16H30F7NO3S. The van der Waals surface area contributed by atoms with E-state index in [1.807, 2.05) is 0 Å². The Morgan fingerprint density at radius 2 is 1.07 bits per heavy atom. The Balaban J connectivity index is 0. The van der Waals surface area contributed by atoms with E-state index in [1.54, 1.807) is 0 Å². The quantitative estimate of drug-likeness (QED) is 0.190. The summed E-state index contributed by atoms with van der Waals surface area (Å²) in [6, 6.07) is 0. The Morgan fingerprint density at radius 3 is 1.32 bits per heavy atom. The zero-order chi connectivity index (χ0) is 22.9. The highest BCUT2D eigenvalue weighted by atomic mass is 32.2. The topological polar surface area (TPSA) is 57.2 Å². The molecular weight excluding hydrogens is 419 g/mol. The molecule has 0 rings (SSSR count). The maximum absolute atomic E-state index is 12.8. The minimum atomic E-state index is -6.54. The van der Waals surface area contributed by atoms with Crippen LogP contribution in [0.4, 0.5) is 30.7 Å². The van der Waals surface area contributed by atoms with Crippen LogP contribution in [0.5, 0.6) is 0 Å². The van der Waals surface area contributed by atoms with Gasteiger partial charge in [0.25, 0.3) is 0 Å². The van der Waals surface area contributed by atoms with Crippen LogP contribution in [0.15, 0.2) is 0 Å². The number of alkyl halides is 7. The van der Waals surface area contributed by atoms with Gasteiger partial charge in [0.2, 0.25) is 0 Å². The lowest BCUT2D eigenvalue weighted by Crippen LogP contribution is -2.47. The second-order valence-electron chi connectivity index (χ2n) is 6.46. The van der Waals surface area contributed by atoms with Gasteiger partial charge in [0.05, 0.1) is 26.2 Å². The number of unbranched alkanes of at least 4 members (excludes halogenated alkanes) is 2. The van der Waals surface area contributed by atoms with Gasteiger partial charge in [0, 0.05) is 12.8 Å². The van der Waals surface area contributed by atoms with E-state index in [1.165, 1.54) is 30.7 Å². The van der Waals surface area contributed by atoms with Crippen LogP contribution in [0.25, 0.3) is 0 Å². The Kier molecular flexibility index (Phi) is 12.2. The lowest BCUT2D eigenvalue weighted by atomic mass is 10.1. The molecule has 0 amide bonds. The lowest BCUT2D eigenvalue weighted by Gasteiger charge is -2.34. The average Bonchev–Trinajstić information content (AvgIpc) is 2.55. The molecule has 28 heavy (non-hydrogen) atoms. The van der Waals surface area contributed by atoms with Crippen molar-refractivity contribution in [2.75, 3.05) is 26.2 Å². The number of quaternary nitrogens is 1. The van der Waals surface area contributed by atoms with E-state index in [0.717, 1.165) is 0 Å². The van der Waals surface area contributed by atoms with E-state index < -0.39 is 59.6 Å². The summed E-state index contributed by atoms with van der Waals surface area (Å²) in [6.45, 7) is 14.2. The zero-order valence-corrected chi connectivity index (χ0v) is 17.4. The van der Waals surface area contributed by atoms with Gasteiger partial charge in [-0.05, 0) is 40.5 Å². The Hall–Kier alpha value is -0.620. The van der Waals surface area contributed by atoms with Gasteiger partial charge in [-0.15, -0.1) is 0 Å². The molecule has 0 saturated carbocycles. The zero-order valence-electron chi connectivity index (χ0n) is 16.6. The molecule has 0 aromatic carbocycles. The Morgan fingerprint density at radius 1 is 0.714 bits per heavy atom. The van der Waals surface area contributed by atoms with Crippen LogP contribution in [0, 0.1) is 0 Å². The first kappa shape index (κ1) is 29.6. The maximum Gasteiger partial charge on any atom is 0.396 e. The first-order valence-electron chi connectivity index (χ1n) is 9.08. The number of hydrogen-bond acceptors (Lipinski definition) is 3. The van der Waals surface area contributed by atoms with E-state index in [9.17, 15) is 43.7 Å². The fourth-order valence-electron chi connectivity index (χ4n) is 2.52. The molecule has 0 aliphatic heterocycles. The molecule has 4 nitrogen and oxygen atoms in total. The third-order valence-electron chi connectivity index (χ3n) is 4.87. The number of rotatable bonds is 11. The van der Waals surface area contributed by atoms with Gasteiger partial charge >= 0.3 is 17.4 Å². The molecule has 0 atom stereocenters. The van der Waals surface area contributed by atoms with Gasteiger partial charge in [0.1, 0.15) is 0 Å². The van der Waals surface area contributed by atoms with Crippen LogP contribution in [-0.4, -0.2) is 61.0 Å². The van der Waals surface area contributed by atoms with Crippen LogP contribution < -0.4 is 0 Å². The predicted molar refractivity (Wildman–Crippen MR) is 91.2 cm³/mol. The lowest BCUT2D eigenvalue weighted by molar-refractivity contribution is -0.921. The third-order valence-corrected chi connectivity index (χ3v) is 5.80. The summed E-state index contributed by atoms with van der Waals surface area (Å²) in [5.41, 5.74) is 0. The summed E-state index contributed by atoms with van der Waals surface area (Å²) in [5.74, 6) is -5.11. The molecule has 0 saturated heterocycles. The minimum absolute atomic E-state index is 0.440. The van der Waals surface area contributed by atoms with E-state index in [4.69, 9.17) is 0 Å². The van der Waals surface area contributed by atoms with Gasteiger partial charge in [-0.3, -0.25) is 0 Å². The van der Waals surface area contributed by atoms with Gasteiger partial charge in [-0.2, -0.15) is 30.7 Å². The molecule has 0 aromatic heterocycles. The first-order chi connectivity index (χ1) is 12.4. The van der Waals surface area contributed by atoms with Crippen LogP contribution in [0.3, 0.4) is 0 Å². The second kappa shape index (κ2) is 11.5. The highest BCUT2D eigenvalue weighted by Crippen LogP contribution is 2.41. The summed E-state index contributed by atoms with van der Waals surface area (Å²) in [5, 5.41) is -5.77. The largest absolute Gasteiger partial charge is 0.743 e. The third kappa shape index (κ3) is 9.73. The SMILES string of the molecule is CC[N+](CC)(CC)CC.O=S(=O)([O-])C(F)(F)C(F)(F)CCCCCC(F)(F)F. The number of halogens is 7. The normalized spacial score (nSPS) is 13.9. The molecule has 0 aliphatic carbocycles. The van der Waals surface area contributed by atoms with Crippen molar-refractivity contribution < 1.29 is 48.2 Å². The molecule has 0 fully saturated rings. The molecule has 0 unspecified atom stereocenters. The second-order valence-corrected chi connectivity index (χ2v) is 7.88. The van der Waals surface area contributed by atoms with Crippen molar-refractivity contribution in [2.45, 2.75) is 77.2 Å². The van der Waals surface area contributed by atoms with Crippen molar-refractivity contribution in [3.63, 3.8) is 0 Å². The maximum atomic E-state index is 12.8. The molecule has 0 heterocycles. The van der Waals surface area contributed by atoms with Crippen LogP contribution in [0.2, 0.25) is 0 Å². The highest BCUT2D eigenvalue weighted by Gasteiger charge is 2.60. The molecule has 0 aliphatic rings. The first-order valence-corrected chi connectivity index (χ1v) is 10.5. The van der Waals surface area contributed by atoms with Crippen molar-refractivity contribution in [3.05, 3.63) is 0 Å². The van der Waals surface area contributed by atoms with Gasteiger partial charge in [-0.25, -0.2) is 8.42 Å². The summed E-state index contributed by atoms with van der Waals surface area (Å²) in [6.07, 6.45) is -9.16. The van der Waals surface area contributed by atoms with Crippen molar-refractivity contribution in [2.24, 2.45) is 0 Å². The molecule has 0 radical (unpaired) electrons. The van der Waals surface area contributed by atoms with Gasteiger partial charge in [-0.1, -0.05) is 6.42 Å². The standard InChI is InChI=1S/C8H11F7O3S.C8H20N/c9-6(10,8(14,15)19(16,17)18)4-2-1-3-5-7(11,12)13;1-5-9(6-2,7-3)8-4/h1-5H2,(H,16,17,18);5-8H2,1-4H3/q;+1/p-1. The highest BCUT2D eigenvalue weighted by molar-refractivity contribution is 7.86. The van der Waals surface area contributed by atoms with Crippen LogP contribution >= 0.6 is 0 Å². The van der Waals surface area contributed by atoms with Crippen molar-refractivity contribution in [3.8, 4) is 0 Å².